The highest BCUT2D eigenvalue weighted by Crippen LogP contribution is 2.35. The lowest BCUT2D eigenvalue weighted by Gasteiger charge is -2.12. The van der Waals surface area contributed by atoms with E-state index in [2.05, 4.69) is 30.6 Å². The number of halogens is 1. The van der Waals surface area contributed by atoms with Crippen molar-refractivity contribution >= 4 is 34.0 Å². The van der Waals surface area contributed by atoms with Crippen LogP contribution in [0.5, 0.6) is 17.2 Å². The van der Waals surface area contributed by atoms with Gasteiger partial charge in [-0.1, -0.05) is 21.9 Å². The second kappa shape index (κ2) is 12.6. The normalized spacial score (nSPS) is 11.0. The van der Waals surface area contributed by atoms with E-state index in [4.69, 9.17) is 34.9 Å². The van der Waals surface area contributed by atoms with Crippen molar-refractivity contribution in [1.82, 2.24) is 25.3 Å². The summed E-state index contributed by atoms with van der Waals surface area (Å²) in [6.45, 7) is 0.159. The van der Waals surface area contributed by atoms with Crippen LogP contribution in [0.4, 0.5) is 11.5 Å². The number of anilines is 2. The van der Waals surface area contributed by atoms with Gasteiger partial charge >= 0.3 is 0 Å². The van der Waals surface area contributed by atoms with Gasteiger partial charge in [0.2, 0.25) is 5.82 Å². The molecule has 0 aliphatic carbocycles. The summed E-state index contributed by atoms with van der Waals surface area (Å²) < 4.78 is 27.7. The molecule has 1 N–H and O–H groups in total. The molecule has 11 nitrogen and oxygen atoms in total. The third-order valence-electron chi connectivity index (χ3n) is 7.16. The van der Waals surface area contributed by atoms with Gasteiger partial charge in [-0.05, 0) is 78.9 Å². The molecule has 0 bridgehead atoms. The summed E-state index contributed by atoms with van der Waals surface area (Å²) in [4.78, 5) is 13.2. The lowest BCUT2D eigenvalue weighted by atomic mass is 10.1. The zero-order valence-electron chi connectivity index (χ0n) is 24.6. The summed E-state index contributed by atoms with van der Waals surface area (Å²) in [5.41, 5.74) is 4.82. The SMILES string of the molecule is COc1cc2ncnc(Nc3ccc(-c4cc(-c5ccc(OCc6noc(-c7ccc(Cl)cc7)n6)cc5)no4)cc3)c2cc1OC. The van der Waals surface area contributed by atoms with Gasteiger partial charge in [0.25, 0.3) is 5.89 Å². The van der Waals surface area contributed by atoms with Crippen LogP contribution in [0.25, 0.3) is 44.9 Å². The zero-order valence-corrected chi connectivity index (χ0v) is 25.4. The lowest BCUT2D eigenvalue weighted by molar-refractivity contribution is 0.287. The highest BCUT2D eigenvalue weighted by atomic mass is 35.5. The van der Waals surface area contributed by atoms with E-state index in [1.807, 2.05) is 78.9 Å². The van der Waals surface area contributed by atoms with Gasteiger partial charge < -0.3 is 28.6 Å². The van der Waals surface area contributed by atoms with Crippen molar-refractivity contribution in [3.8, 4) is 51.3 Å². The first-order chi connectivity index (χ1) is 22.6. The Bertz CT molecular complexity index is 2110. The van der Waals surface area contributed by atoms with Crippen molar-refractivity contribution < 1.29 is 23.3 Å². The molecule has 0 radical (unpaired) electrons. The van der Waals surface area contributed by atoms with Crippen LogP contribution in [0.1, 0.15) is 5.82 Å². The molecule has 0 saturated heterocycles. The van der Waals surface area contributed by atoms with E-state index in [9.17, 15) is 0 Å². The number of nitrogens with zero attached hydrogens (tertiary/aromatic N) is 5. The molecule has 0 saturated carbocycles. The third kappa shape index (κ3) is 6.04. The van der Waals surface area contributed by atoms with Crippen LogP contribution in [-0.2, 0) is 6.61 Å². The van der Waals surface area contributed by atoms with E-state index in [0.717, 1.165) is 33.3 Å². The molecule has 3 heterocycles. The molecule has 0 spiro atoms. The Morgan fingerprint density at radius 1 is 0.739 bits per heavy atom. The number of nitrogens with one attached hydrogen (secondary N) is 1. The first kappa shape index (κ1) is 28.8. The molecule has 7 rings (SSSR count). The molecule has 0 aliphatic heterocycles. The number of aromatic nitrogens is 5. The number of ether oxygens (including phenoxy) is 3. The van der Waals surface area contributed by atoms with Crippen molar-refractivity contribution in [3.63, 3.8) is 0 Å². The van der Waals surface area contributed by atoms with Crippen LogP contribution in [0, 0.1) is 0 Å². The van der Waals surface area contributed by atoms with Gasteiger partial charge in [-0.2, -0.15) is 4.98 Å². The van der Waals surface area contributed by atoms with Gasteiger partial charge in [0.1, 0.15) is 23.6 Å². The summed E-state index contributed by atoms with van der Waals surface area (Å²) >= 11 is 5.95. The molecule has 0 unspecified atom stereocenters. The van der Waals surface area contributed by atoms with Crippen LogP contribution in [0.3, 0.4) is 0 Å². The monoisotopic (exact) mass is 632 g/mol. The molecule has 0 fully saturated rings. The topological polar surface area (TPSA) is 130 Å². The molecule has 12 heteroatoms. The maximum Gasteiger partial charge on any atom is 0.258 e. The van der Waals surface area contributed by atoms with Crippen LogP contribution < -0.4 is 19.5 Å². The fraction of sp³-hybridized carbons (Fsp3) is 0.0882. The van der Waals surface area contributed by atoms with Gasteiger partial charge in [-0.25, -0.2) is 9.97 Å². The number of benzene rings is 4. The minimum atomic E-state index is 0.159. The third-order valence-corrected chi connectivity index (χ3v) is 7.41. The number of hydrogen-bond donors (Lipinski definition) is 1. The average molecular weight is 633 g/mol. The van der Waals surface area contributed by atoms with Crippen LogP contribution in [0.2, 0.25) is 5.02 Å². The largest absolute Gasteiger partial charge is 0.493 e. The van der Waals surface area contributed by atoms with Crippen LogP contribution >= 0.6 is 11.6 Å². The Balaban J connectivity index is 0.994. The average Bonchev–Trinajstić information content (AvgIpc) is 3.79. The number of hydrogen-bond acceptors (Lipinski definition) is 11. The van der Waals surface area contributed by atoms with Crippen molar-refractivity contribution in [3.05, 3.63) is 108 Å². The molecule has 3 aromatic heterocycles. The number of rotatable bonds is 10. The fourth-order valence-electron chi connectivity index (χ4n) is 4.78. The minimum absolute atomic E-state index is 0.159. The zero-order chi connectivity index (χ0) is 31.5. The van der Waals surface area contributed by atoms with Crippen molar-refractivity contribution in [1.29, 1.82) is 0 Å². The standard InChI is InChI=1S/C34H25ClN6O5/c1-42-30-15-26-28(17-31(30)43-2)36-19-37-33(26)38-24-11-5-21(6-12-24)29-16-27(40-45-29)20-7-13-25(14-8-20)44-18-32-39-34(46-41-32)22-3-9-23(35)10-4-22/h3-17,19H,18H2,1-2H3,(H,36,37,38). The van der Waals surface area contributed by atoms with E-state index in [1.54, 1.807) is 26.4 Å². The Morgan fingerprint density at radius 3 is 2.22 bits per heavy atom. The van der Waals surface area contributed by atoms with Gasteiger partial charge in [-0.15, -0.1) is 0 Å². The van der Waals surface area contributed by atoms with Gasteiger partial charge in [0.15, 0.2) is 23.9 Å². The quantitative estimate of drug-likeness (QED) is 0.157. The van der Waals surface area contributed by atoms with Gasteiger partial charge in [-0.3, -0.25) is 0 Å². The Morgan fingerprint density at radius 2 is 1.46 bits per heavy atom. The van der Waals surface area contributed by atoms with Crippen molar-refractivity contribution in [2.45, 2.75) is 6.61 Å². The van der Waals surface area contributed by atoms with Crippen molar-refractivity contribution in [2.24, 2.45) is 0 Å². The van der Waals surface area contributed by atoms with E-state index in [1.165, 1.54) is 6.33 Å². The Kier molecular flexibility index (Phi) is 7.88. The summed E-state index contributed by atoms with van der Waals surface area (Å²) in [6, 6.07) is 28.1. The molecule has 0 atom stereocenters. The predicted molar refractivity (Wildman–Crippen MR) is 172 cm³/mol. The van der Waals surface area contributed by atoms with Crippen LogP contribution in [0.15, 0.2) is 106 Å². The van der Waals surface area contributed by atoms with E-state index >= 15 is 0 Å². The molecule has 4 aromatic carbocycles. The summed E-state index contributed by atoms with van der Waals surface area (Å²) in [6.07, 6.45) is 1.51. The predicted octanol–water partition coefficient (Wildman–Crippen LogP) is 8.00. The minimum Gasteiger partial charge on any atom is -0.493 e. The smallest absolute Gasteiger partial charge is 0.258 e. The summed E-state index contributed by atoms with van der Waals surface area (Å²) in [7, 11) is 3.19. The highest BCUT2D eigenvalue weighted by molar-refractivity contribution is 6.30. The highest BCUT2D eigenvalue weighted by Gasteiger charge is 2.13. The van der Waals surface area contributed by atoms with E-state index in [-0.39, 0.29) is 6.61 Å². The molecule has 0 amide bonds. The lowest BCUT2D eigenvalue weighted by Crippen LogP contribution is -1.98. The van der Waals surface area contributed by atoms with Gasteiger partial charge in [0, 0.05) is 44.9 Å². The molecular weight excluding hydrogens is 608 g/mol. The first-order valence-electron chi connectivity index (χ1n) is 14.1. The second-order valence-electron chi connectivity index (χ2n) is 10.1. The Hall–Kier alpha value is -5.94. The molecule has 228 valence electrons. The Labute approximate surface area is 267 Å². The van der Waals surface area contributed by atoms with Gasteiger partial charge in [0.05, 0.1) is 19.7 Å². The fourth-order valence-corrected chi connectivity index (χ4v) is 4.90. The van der Waals surface area contributed by atoms with E-state index in [0.29, 0.717) is 51.3 Å². The van der Waals surface area contributed by atoms with E-state index < -0.39 is 0 Å². The number of fused-ring (bicyclic) bond motifs is 1. The summed E-state index contributed by atoms with van der Waals surface area (Å²) in [5.74, 6) is 3.97. The van der Waals surface area contributed by atoms with Crippen molar-refractivity contribution in [2.75, 3.05) is 19.5 Å². The first-order valence-corrected chi connectivity index (χ1v) is 14.5. The molecule has 7 aromatic rings. The summed E-state index contributed by atoms with van der Waals surface area (Å²) in [5, 5.41) is 13.1. The molecular formula is C34H25ClN6O5. The maximum absolute atomic E-state index is 5.95. The molecule has 0 aliphatic rings. The number of methoxy groups -OCH3 is 2. The molecule has 46 heavy (non-hydrogen) atoms. The van der Waals surface area contributed by atoms with Crippen LogP contribution in [-0.4, -0.2) is 39.5 Å². The second-order valence-corrected chi connectivity index (χ2v) is 10.5. The maximum atomic E-state index is 5.95.